The molecule has 0 saturated carbocycles. The van der Waals surface area contributed by atoms with Crippen LogP contribution in [-0.2, 0) is 4.84 Å². The molecule has 2 aromatic carbocycles. The second-order valence-electron chi connectivity index (χ2n) is 9.08. The van der Waals surface area contributed by atoms with Crippen molar-refractivity contribution < 1.29 is 14.7 Å². The maximum absolute atomic E-state index is 9.84. The van der Waals surface area contributed by atoms with Crippen molar-refractivity contribution in [2.75, 3.05) is 18.5 Å². The SMILES string of the molecule is CC1=NOC(C)C1c1ccc2nc(NC(C)(C)CO)n3c2c1OCC3c1ccccc1. The number of aromatic nitrogens is 2. The van der Waals surface area contributed by atoms with E-state index in [2.05, 4.69) is 33.2 Å². The van der Waals surface area contributed by atoms with E-state index in [-0.39, 0.29) is 24.7 Å². The smallest absolute Gasteiger partial charge is 0.205 e. The Morgan fingerprint density at radius 1 is 1.19 bits per heavy atom. The number of hydrogen-bond acceptors (Lipinski definition) is 6. The highest BCUT2D eigenvalue weighted by Crippen LogP contribution is 2.45. The van der Waals surface area contributed by atoms with Gasteiger partial charge in [0.25, 0.3) is 0 Å². The lowest BCUT2D eigenvalue weighted by Gasteiger charge is -2.32. The first-order valence-corrected chi connectivity index (χ1v) is 10.7. The van der Waals surface area contributed by atoms with E-state index in [0.717, 1.165) is 39.6 Å². The summed E-state index contributed by atoms with van der Waals surface area (Å²) in [6, 6.07) is 14.4. The summed E-state index contributed by atoms with van der Waals surface area (Å²) in [7, 11) is 0. The van der Waals surface area contributed by atoms with Gasteiger partial charge >= 0.3 is 0 Å². The predicted molar refractivity (Wildman–Crippen MR) is 121 cm³/mol. The van der Waals surface area contributed by atoms with Gasteiger partial charge in [-0.3, -0.25) is 4.57 Å². The van der Waals surface area contributed by atoms with Gasteiger partial charge in [-0.05, 0) is 39.3 Å². The molecule has 2 N–H and O–H groups in total. The molecule has 7 nitrogen and oxygen atoms in total. The Morgan fingerprint density at radius 3 is 2.65 bits per heavy atom. The first kappa shape index (κ1) is 19.9. The van der Waals surface area contributed by atoms with Gasteiger partial charge in [0.2, 0.25) is 5.95 Å². The largest absolute Gasteiger partial charge is 0.488 e. The van der Waals surface area contributed by atoms with E-state index in [0.29, 0.717) is 6.61 Å². The Balaban J connectivity index is 1.73. The monoisotopic (exact) mass is 420 g/mol. The van der Waals surface area contributed by atoms with Crippen LogP contribution in [0.15, 0.2) is 47.6 Å². The molecule has 0 radical (unpaired) electrons. The summed E-state index contributed by atoms with van der Waals surface area (Å²) in [5.41, 5.74) is 4.47. The minimum absolute atomic E-state index is 0.00655. The maximum atomic E-state index is 9.84. The van der Waals surface area contributed by atoms with Crippen LogP contribution >= 0.6 is 0 Å². The molecule has 0 bridgehead atoms. The van der Waals surface area contributed by atoms with Crippen LogP contribution in [0.25, 0.3) is 11.0 Å². The quantitative estimate of drug-likeness (QED) is 0.650. The highest BCUT2D eigenvalue weighted by atomic mass is 16.6. The van der Waals surface area contributed by atoms with Crippen molar-refractivity contribution in [2.24, 2.45) is 5.16 Å². The number of nitrogens with zero attached hydrogens (tertiary/aromatic N) is 3. The fourth-order valence-electron chi connectivity index (χ4n) is 4.56. The number of imidazole rings is 1. The Bertz CT molecular complexity index is 1150. The van der Waals surface area contributed by atoms with E-state index in [1.54, 1.807) is 0 Å². The lowest BCUT2D eigenvalue weighted by molar-refractivity contribution is 0.0897. The number of oxime groups is 1. The molecule has 1 aromatic heterocycles. The van der Waals surface area contributed by atoms with E-state index in [1.165, 1.54) is 0 Å². The predicted octanol–water partition coefficient (Wildman–Crippen LogP) is 4.08. The summed E-state index contributed by atoms with van der Waals surface area (Å²) in [6.45, 7) is 8.43. The van der Waals surface area contributed by atoms with Crippen molar-refractivity contribution in [1.82, 2.24) is 9.55 Å². The third-order valence-electron chi connectivity index (χ3n) is 6.18. The lowest BCUT2D eigenvalue weighted by Crippen LogP contribution is -2.37. The summed E-state index contributed by atoms with van der Waals surface area (Å²) < 4.78 is 8.64. The fraction of sp³-hybridized carbons (Fsp3) is 0.417. The Kier molecular flexibility index (Phi) is 4.66. The van der Waals surface area contributed by atoms with Crippen LogP contribution in [0.4, 0.5) is 5.95 Å². The van der Waals surface area contributed by atoms with Crippen molar-refractivity contribution in [3.05, 3.63) is 53.6 Å². The van der Waals surface area contributed by atoms with E-state index in [9.17, 15) is 5.11 Å². The molecule has 0 saturated heterocycles. The van der Waals surface area contributed by atoms with Crippen LogP contribution in [0, 0.1) is 0 Å². The zero-order chi connectivity index (χ0) is 21.8. The van der Waals surface area contributed by atoms with Crippen molar-refractivity contribution in [3.63, 3.8) is 0 Å². The van der Waals surface area contributed by atoms with Gasteiger partial charge in [-0.15, -0.1) is 0 Å². The average Bonchev–Trinajstić information content (AvgIpc) is 3.30. The molecule has 0 spiro atoms. The minimum atomic E-state index is -0.513. The molecule has 3 aromatic rings. The van der Waals surface area contributed by atoms with Crippen LogP contribution in [0.3, 0.4) is 0 Å². The number of aliphatic hydroxyl groups is 1. The van der Waals surface area contributed by atoms with Crippen LogP contribution in [-0.4, -0.2) is 45.2 Å². The highest BCUT2D eigenvalue weighted by Gasteiger charge is 2.37. The molecule has 31 heavy (non-hydrogen) atoms. The van der Waals surface area contributed by atoms with E-state index < -0.39 is 5.54 Å². The standard InChI is InChI=1S/C24H28N4O3/c1-14-20(15(2)31-27-14)17-10-11-18-21-22(17)30-12-19(16-8-6-5-7-9-16)28(21)23(25-18)26-24(3,4)13-29/h5-11,15,19-20,29H,12-13H2,1-4H3,(H,25,26). The molecular weight excluding hydrogens is 392 g/mol. The summed E-state index contributed by atoms with van der Waals surface area (Å²) in [6.07, 6.45) is -0.0496. The van der Waals surface area contributed by atoms with Crippen molar-refractivity contribution in [1.29, 1.82) is 0 Å². The molecular formula is C24H28N4O3. The number of benzene rings is 2. The third-order valence-corrected chi connectivity index (χ3v) is 6.18. The number of hydrogen-bond donors (Lipinski definition) is 2. The number of ether oxygens (including phenoxy) is 1. The zero-order valence-electron chi connectivity index (χ0n) is 18.3. The topological polar surface area (TPSA) is 80.9 Å². The second kappa shape index (κ2) is 7.27. The Hall–Kier alpha value is -3.06. The van der Waals surface area contributed by atoms with E-state index >= 15 is 0 Å². The molecule has 5 rings (SSSR count). The van der Waals surface area contributed by atoms with Crippen LogP contribution < -0.4 is 10.1 Å². The third kappa shape index (κ3) is 3.24. The lowest BCUT2D eigenvalue weighted by atomic mass is 9.89. The van der Waals surface area contributed by atoms with E-state index in [1.807, 2.05) is 52.0 Å². The number of anilines is 1. The minimum Gasteiger partial charge on any atom is -0.488 e. The first-order chi connectivity index (χ1) is 14.9. The molecule has 3 unspecified atom stereocenters. The van der Waals surface area contributed by atoms with Crippen molar-refractivity contribution in [3.8, 4) is 5.75 Å². The molecule has 0 amide bonds. The van der Waals surface area contributed by atoms with Crippen molar-refractivity contribution >= 4 is 22.7 Å². The van der Waals surface area contributed by atoms with E-state index in [4.69, 9.17) is 14.6 Å². The van der Waals surface area contributed by atoms with Gasteiger partial charge in [-0.1, -0.05) is 41.6 Å². The summed E-state index contributed by atoms with van der Waals surface area (Å²) in [4.78, 5) is 10.4. The molecule has 2 aliphatic heterocycles. The molecule has 7 heteroatoms. The van der Waals surface area contributed by atoms with Crippen LogP contribution in [0.2, 0.25) is 0 Å². The zero-order valence-corrected chi connectivity index (χ0v) is 18.3. The number of rotatable bonds is 5. The molecule has 3 heterocycles. The summed E-state index contributed by atoms with van der Waals surface area (Å²) >= 11 is 0. The van der Waals surface area contributed by atoms with Gasteiger partial charge in [-0.2, -0.15) is 0 Å². The van der Waals surface area contributed by atoms with Gasteiger partial charge in [0.1, 0.15) is 24.0 Å². The molecule has 0 aliphatic carbocycles. The Morgan fingerprint density at radius 2 is 1.97 bits per heavy atom. The van der Waals surface area contributed by atoms with Gasteiger partial charge in [-0.25, -0.2) is 4.98 Å². The van der Waals surface area contributed by atoms with Crippen molar-refractivity contribution in [2.45, 2.75) is 51.3 Å². The summed E-state index contributed by atoms with van der Waals surface area (Å²) in [5.74, 6) is 1.61. The van der Waals surface area contributed by atoms with Gasteiger partial charge in [0.05, 0.1) is 35.3 Å². The van der Waals surface area contributed by atoms with Crippen LogP contribution in [0.1, 0.15) is 50.8 Å². The van der Waals surface area contributed by atoms with Gasteiger partial charge in [0, 0.05) is 5.56 Å². The second-order valence-corrected chi connectivity index (χ2v) is 9.08. The maximum Gasteiger partial charge on any atom is 0.205 e. The van der Waals surface area contributed by atoms with Crippen LogP contribution in [0.5, 0.6) is 5.75 Å². The molecule has 2 aliphatic rings. The summed E-state index contributed by atoms with van der Waals surface area (Å²) in [5, 5.41) is 17.5. The first-order valence-electron chi connectivity index (χ1n) is 10.7. The van der Waals surface area contributed by atoms with Gasteiger partial charge in [0.15, 0.2) is 0 Å². The normalized spacial score (nSPS) is 22.7. The molecule has 0 fully saturated rings. The molecule has 3 atom stereocenters. The molecule has 162 valence electrons. The average molecular weight is 421 g/mol. The Labute approximate surface area is 181 Å². The fourth-order valence-corrected chi connectivity index (χ4v) is 4.56. The van der Waals surface area contributed by atoms with Gasteiger partial charge < -0.3 is 20.0 Å². The number of aliphatic hydroxyl groups excluding tert-OH is 1. The number of nitrogens with one attached hydrogen (secondary N) is 1. The highest BCUT2D eigenvalue weighted by molar-refractivity contribution is 5.94.